The number of hydrogen-bond acceptors (Lipinski definition) is 6. The lowest BCUT2D eigenvalue weighted by Crippen LogP contribution is -2.51. The maximum absolute atomic E-state index is 13.2. The summed E-state index contributed by atoms with van der Waals surface area (Å²) in [6.07, 6.45) is -4.48. The van der Waals surface area contributed by atoms with Crippen molar-refractivity contribution in [1.29, 1.82) is 0 Å². The smallest absolute Gasteiger partial charge is 0.370 e. The van der Waals surface area contributed by atoms with Crippen LogP contribution in [-0.2, 0) is 16.6 Å². The van der Waals surface area contributed by atoms with E-state index in [0.29, 0.717) is 17.8 Å². The predicted octanol–water partition coefficient (Wildman–Crippen LogP) is 2.61. The van der Waals surface area contributed by atoms with Gasteiger partial charge in [0, 0.05) is 17.8 Å². The van der Waals surface area contributed by atoms with Gasteiger partial charge in [0.05, 0.1) is 11.3 Å². The van der Waals surface area contributed by atoms with Gasteiger partial charge in [0.2, 0.25) is 5.96 Å². The Morgan fingerprint density at radius 1 is 1.17 bits per heavy atom. The monoisotopic (exact) mass is 402 g/mol. The molecule has 4 rings (SSSR count). The van der Waals surface area contributed by atoms with Crippen LogP contribution in [0.15, 0.2) is 58.5 Å². The third kappa shape index (κ3) is 3.06. The van der Waals surface area contributed by atoms with Crippen molar-refractivity contribution in [3.63, 3.8) is 0 Å². The van der Waals surface area contributed by atoms with Gasteiger partial charge in [-0.05, 0) is 31.2 Å². The molecule has 2 heterocycles. The standard InChI is InChI=1S/C19H17F3N6O/c1-2-28-14-9-4-3-8-13(14)18(15(28)29)26-16(23)25-17(27-18)24-12-7-5-6-11(10-12)19(20,21)22/h3-10H,2H2,1H3,(H4,23,24,25,26,27)/t18-/m1/s1. The molecule has 2 aromatic rings. The zero-order chi connectivity index (χ0) is 20.8. The number of carbonyl (C=O) groups excluding carboxylic acids is 1. The summed E-state index contributed by atoms with van der Waals surface area (Å²) in [5.74, 6) is -0.428. The summed E-state index contributed by atoms with van der Waals surface area (Å²) in [5, 5.41) is 5.44. The van der Waals surface area contributed by atoms with Crippen LogP contribution in [-0.4, -0.2) is 24.4 Å². The van der Waals surface area contributed by atoms with Gasteiger partial charge in [-0.2, -0.15) is 13.2 Å². The largest absolute Gasteiger partial charge is 0.416 e. The molecule has 2 aliphatic rings. The molecule has 0 unspecified atom stereocenters. The van der Waals surface area contributed by atoms with E-state index in [1.54, 1.807) is 29.2 Å². The van der Waals surface area contributed by atoms with Gasteiger partial charge in [-0.1, -0.05) is 24.3 Å². The summed E-state index contributed by atoms with van der Waals surface area (Å²) in [4.78, 5) is 23.4. The van der Waals surface area contributed by atoms with E-state index >= 15 is 0 Å². The van der Waals surface area contributed by atoms with E-state index in [0.717, 1.165) is 12.1 Å². The molecule has 0 bridgehead atoms. The van der Waals surface area contributed by atoms with Gasteiger partial charge in [-0.15, -0.1) is 0 Å². The average Bonchev–Trinajstić information content (AvgIpc) is 2.88. The molecular weight excluding hydrogens is 385 g/mol. The van der Waals surface area contributed by atoms with Crippen molar-refractivity contribution in [3.05, 3.63) is 59.7 Å². The molecule has 1 atom stereocenters. The average molecular weight is 402 g/mol. The van der Waals surface area contributed by atoms with Crippen molar-refractivity contribution in [2.24, 2.45) is 15.7 Å². The first-order chi connectivity index (χ1) is 13.7. The van der Waals surface area contributed by atoms with E-state index in [4.69, 9.17) is 5.73 Å². The summed E-state index contributed by atoms with van der Waals surface area (Å²) in [6.45, 7) is 2.24. The molecule has 29 heavy (non-hydrogen) atoms. The zero-order valence-corrected chi connectivity index (χ0v) is 15.3. The van der Waals surface area contributed by atoms with Crippen LogP contribution in [0.2, 0.25) is 0 Å². The van der Waals surface area contributed by atoms with Crippen molar-refractivity contribution in [3.8, 4) is 0 Å². The Morgan fingerprint density at radius 3 is 2.66 bits per heavy atom. The number of amides is 1. The van der Waals surface area contributed by atoms with E-state index in [1.165, 1.54) is 12.1 Å². The molecule has 0 aromatic heterocycles. The highest BCUT2D eigenvalue weighted by Crippen LogP contribution is 2.44. The van der Waals surface area contributed by atoms with Gasteiger partial charge < -0.3 is 16.0 Å². The lowest BCUT2D eigenvalue weighted by molar-refractivity contribution is -0.137. The highest BCUT2D eigenvalue weighted by atomic mass is 19.4. The fourth-order valence-electron chi connectivity index (χ4n) is 3.45. The summed E-state index contributed by atoms with van der Waals surface area (Å²) >= 11 is 0. The fourth-order valence-corrected chi connectivity index (χ4v) is 3.45. The number of anilines is 2. The topological polar surface area (TPSA) is 95.1 Å². The van der Waals surface area contributed by atoms with Gasteiger partial charge in [0.1, 0.15) is 0 Å². The number of nitrogens with one attached hydrogen (secondary N) is 2. The van der Waals surface area contributed by atoms with Crippen LogP contribution in [0.4, 0.5) is 24.5 Å². The van der Waals surface area contributed by atoms with E-state index < -0.39 is 17.4 Å². The molecule has 0 saturated carbocycles. The molecule has 7 nitrogen and oxygen atoms in total. The second-order valence-electron chi connectivity index (χ2n) is 6.52. The van der Waals surface area contributed by atoms with Crippen LogP contribution in [0.25, 0.3) is 0 Å². The van der Waals surface area contributed by atoms with Crippen LogP contribution in [0, 0.1) is 0 Å². The van der Waals surface area contributed by atoms with Gasteiger partial charge in [-0.3, -0.25) is 10.1 Å². The lowest BCUT2D eigenvalue weighted by Gasteiger charge is -2.27. The van der Waals surface area contributed by atoms with Crippen LogP contribution >= 0.6 is 0 Å². The molecule has 0 aliphatic carbocycles. The number of rotatable bonds is 2. The Hall–Kier alpha value is -3.56. The summed E-state index contributed by atoms with van der Waals surface area (Å²) in [5.41, 5.74) is 4.84. The zero-order valence-electron chi connectivity index (χ0n) is 15.3. The minimum atomic E-state index is -4.48. The van der Waals surface area contributed by atoms with Crippen molar-refractivity contribution in [1.82, 2.24) is 5.32 Å². The second kappa shape index (κ2) is 6.50. The van der Waals surface area contributed by atoms with Crippen LogP contribution < -0.4 is 21.3 Å². The normalized spacial score (nSPS) is 20.8. The first-order valence-corrected chi connectivity index (χ1v) is 8.82. The van der Waals surface area contributed by atoms with Crippen molar-refractivity contribution in [2.45, 2.75) is 18.8 Å². The number of para-hydroxylation sites is 1. The molecule has 2 aromatic carbocycles. The summed E-state index contributed by atoms with van der Waals surface area (Å²) in [6, 6.07) is 11.7. The van der Waals surface area contributed by atoms with E-state index in [2.05, 4.69) is 20.6 Å². The number of benzene rings is 2. The maximum atomic E-state index is 13.2. The molecule has 1 amide bonds. The van der Waals surface area contributed by atoms with Crippen LogP contribution in [0.5, 0.6) is 0 Å². The van der Waals surface area contributed by atoms with E-state index in [1.807, 2.05) is 6.92 Å². The second-order valence-corrected chi connectivity index (χ2v) is 6.52. The number of guanidine groups is 2. The number of fused-ring (bicyclic) bond motifs is 2. The van der Waals surface area contributed by atoms with E-state index in [-0.39, 0.29) is 23.5 Å². The molecule has 4 N–H and O–H groups in total. The molecular formula is C19H17F3N6O. The van der Waals surface area contributed by atoms with Gasteiger partial charge >= 0.3 is 6.18 Å². The molecule has 10 heteroatoms. The number of likely N-dealkylation sites (N-methyl/N-ethyl adjacent to an activating group) is 1. The van der Waals surface area contributed by atoms with Crippen LogP contribution in [0.3, 0.4) is 0 Å². The first kappa shape index (κ1) is 18.8. The number of nitrogens with two attached hydrogens (primary N) is 1. The number of hydrogen-bond donors (Lipinski definition) is 3. The Labute approximate surface area is 164 Å². The minimum absolute atomic E-state index is 0.0259. The summed E-state index contributed by atoms with van der Waals surface area (Å²) in [7, 11) is 0. The maximum Gasteiger partial charge on any atom is 0.416 e. The minimum Gasteiger partial charge on any atom is -0.370 e. The highest BCUT2D eigenvalue weighted by Gasteiger charge is 2.52. The first-order valence-electron chi connectivity index (χ1n) is 8.82. The highest BCUT2D eigenvalue weighted by molar-refractivity contribution is 6.14. The number of carbonyl (C=O) groups is 1. The number of nitrogens with zero attached hydrogens (tertiary/aromatic N) is 3. The quantitative estimate of drug-likeness (QED) is 0.720. The van der Waals surface area contributed by atoms with Crippen molar-refractivity contribution < 1.29 is 18.0 Å². The molecule has 0 saturated heterocycles. The van der Waals surface area contributed by atoms with Gasteiger partial charge in [-0.25, -0.2) is 9.98 Å². The lowest BCUT2D eigenvalue weighted by atomic mass is 10.0. The molecule has 1 spiro atoms. The number of halogens is 3. The third-order valence-corrected chi connectivity index (χ3v) is 4.68. The fraction of sp³-hybridized carbons (Fsp3) is 0.211. The SMILES string of the molecule is CCN1C(=O)[C@@]2(N=C(N)NC(Nc3cccc(C(F)(F)F)c3)=N2)c2ccccc21. The Bertz CT molecular complexity index is 1050. The molecule has 150 valence electrons. The Morgan fingerprint density at radius 2 is 1.93 bits per heavy atom. The molecule has 0 fully saturated rings. The van der Waals surface area contributed by atoms with E-state index in [9.17, 15) is 18.0 Å². The van der Waals surface area contributed by atoms with Gasteiger partial charge in [0.15, 0.2) is 5.96 Å². The Kier molecular flexibility index (Phi) is 4.21. The number of alkyl halides is 3. The number of aliphatic imine (C=N–C) groups is 2. The summed E-state index contributed by atoms with van der Waals surface area (Å²) < 4.78 is 39.0. The third-order valence-electron chi connectivity index (χ3n) is 4.68. The predicted molar refractivity (Wildman–Crippen MR) is 103 cm³/mol. The van der Waals surface area contributed by atoms with Crippen molar-refractivity contribution in [2.75, 3.05) is 16.8 Å². The Balaban J connectivity index is 1.76. The van der Waals surface area contributed by atoms with Gasteiger partial charge in [0.25, 0.3) is 11.6 Å². The van der Waals surface area contributed by atoms with Crippen molar-refractivity contribution >= 4 is 29.2 Å². The molecule has 2 aliphatic heterocycles. The molecule has 0 radical (unpaired) electrons. The van der Waals surface area contributed by atoms with Crippen LogP contribution in [0.1, 0.15) is 18.1 Å².